The Hall–Kier alpha value is -4.07. The zero-order valence-electron chi connectivity index (χ0n) is 22.7. The first-order valence-corrected chi connectivity index (χ1v) is 14.1. The molecule has 6 nitrogen and oxygen atoms in total. The molecule has 218 valence electrons. The molecule has 0 bridgehead atoms. The summed E-state index contributed by atoms with van der Waals surface area (Å²) in [5.41, 5.74) is 4.20. The van der Waals surface area contributed by atoms with E-state index in [1.807, 2.05) is 60.7 Å². The molecule has 8 heteroatoms. The van der Waals surface area contributed by atoms with Gasteiger partial charge in [-0.3, -0.25) is 4.90 Å². The quantitative estimate of drug-likeness (QED) is 0.298. The second kappa shape index (κ2) is 15.8. The fraction of sp³-hybridized carbons (Fsp3) is 0.265. The van der Waals surface area contributed by atoms with Gasteiger partial charge in [0.25, 0.3) is 0 Å². The minimum Gasteiger partial charge on any atom is -0.444 e. The summed E-state index contributed by atoms with van der Waals surface area (Å²) in [6, 6.07) is 24.8. The SMILES string of the molecule is C.CN1CCC(c2ccc(Cl)cc2C#N)CC1.N#Cc1cc(Cl)ccc1C1C=CN(C(=O)OCc2ccccc2)C=C1.[HH]. The van der Waals surface area contributed by atoms with Crippen LogP contribution >= 0.6 is 23.2 Å². The summed E-state index contributed by atoms with van der Waals surface area (Å²) in [5.74, 6) is 0.424. The number of likely N-dealkylation sites (tertiary alicyclic amines) is 1. The van der Waals surface area contributed by atoms with Gasteiger partial charge in [0.05, 0.1) is 23.3 Å². The first-order chi connectivity index (χ1) is 19.9. The average molecular weight is 604 g/mol. The van der Waals surface area contributed by atoms with Crippen LogP contribution in [-0.4, -0.2) is 36.0 Å². The van der Waals surface area contributed by atoms with Crippen molar-refractivity contribution in [2.45, 2.75) is 38.7 Å². The molecule has 1 fully saturated rings. The molecule has 1 saturated heterocycles. The van der Waals surface area contributed by atoms with E-state index in [1.54, 1.807) is 30.6 Å². The molecular weight excluding hydrogens is 567 g/mol. The summed E-state index contributed by atoms with van der Waals surface area (Å²) in [7, 11) is 2.14. The Kier molecular flexibility index (Phi) is 12.2. The van der Waals surface area contributed by atoms with Crippen LogP contribution in [0.5, 0.6) is 0 Å². The van der Waals surface area contributed by atoms with Crippen molar-refractivity contribution in [3.63, 3.8) is 0 Å². The first-order valence-electron chi connectivity index (χ1n) is 13.3. The Balaban J connectivity index is 0.000000312. The minimum atomic E-state index is -0.452. The van der Waals surface area contributed by atoms with Gasteiger partial charge < -0.3 is 9.64 Å². The van der Waals surface area contributed by atoms with Gasteiger partial charge in [-0.25, -0.2) is 4.79 Å². The highest BCUT2D eigenvalue weighted by molar-refractivity contribution is 6.31. The van der Waals surface area contributed by atoms with Crippen molar-refractivity contribution < 1.29 is 11.0 Å². The van der Waals surface area contributed by atoms with E-state index in [4.69, 9.17) is 33.2 Å². The molecule has 0 unspecified atom stereocenters. The number of rotatable bonds is 4. The van der Waals surface area contributed by atoms with Gasteiger partial charge in [-0.05, 0) is 79.9 Å². The molecule has 42 heavy (non-hydrogen) atoms. The van der Waals surface area contributed by atoms with Crippen molar-refractivity contribution in [2.75, 3.05) is 20.1 Å². The zero-order chi connectivity index (χ0) is 29.2. The molecule has 0 aromatic heterocycles. The topological polar surface area (TPSA) is 80.4 Å². The molecule has 3 aromatic carbocycles. The normalized spacial score (nSPS) is 15.0. The summed E-state index contributed by atoms with van der Waals surface area (Å²) in [6.45, 7) is 2.44. The number of nitrogens with zero attached hydrogens (tertiary/aromatic N) is 4. The van der Waals surface area contributed by atoms with Crippen LogP contribution in [0.15, 0.2) is 91.3 Å². The van der Waals surface area contributed by atoms with Crippen LogP contribution < -0.4 is 0 Å². The number of hydrogen-bond acceptors (Lipinski definition) is 5. The van der Waals surface area contributed by atoms with E-state index in [0.29, 0.717) is 21.5 Å². The molecule has 0 aliphatic carbocycles. The van der Waals surface area contributed by atoms with Crippen molar-refractivity contribution in [1.82, 2.24) is 9.80 Å². The number of piperidine rings is 1. The molecule has 0 spiro atoms. The van der Waals surface area contributed by atoms with Crippen molar-refractivity contribution >= 4 is 29.3 Å². The van der Waals surface area contributed by atoms with Crippen LogP contribution in [0.2, 0.25) is 10.0 Å². The van der Waals surface area contributed by atoms with Gasteiger partial charge in [0.1, 0.15) is 6.61 Å². The van der Waals surface area contributed by atoms with Crippen LogP contribution in [0.3, 0.4) is 0 Å². The van der Waals surface area contributed by atoms with Gasteiger partial charge >= 0.3 is 6.09 Å². The Morgan fingerprint density at radius 1 is 0.905 bits per heavy atom. The van der Waals surface area contributed by atoms with Crippen molar-refractivity contribution in [2.24, 2.45) is 0 Å². The number of benzene rings is 3. The molecular formula is C34H36Cl2N4O2. The fourth-order valence-electron chi connectivity index (χ4n) is 4.82. The van der Waals surface area contributed by atoms with Gasteiger partial charge in [0.15, 0.2) is 0 Å². The number of ether oxygens (including phenoxy) is 1. The first kappa shape index (κ1) is 32.4. The van der Waals surface area contributed by atoms with Crippen LogP contribution in [-0.2, 0) is 11.3 Å². The summed E-state index contributed by atoms with van der Waals surface area (Å²) < 4.78 is 5.28. The molecule has 2 aliphatic heterocycles. The van der Waals surface area contributed by atoms with Gasteiger partial charge in [-0.2, -0.15) is 10.5 Å². The number of nitriles is 2. The maximum absolute atomic E-state index is 12.1. The summed E-state index contributed by atoms with van der Waals surface area (Å²) >= 11 is 11.8. The van der Waals surface area contributed by atoms with Gasteiger partial charge in [0, 0.05) is 29.8 Å². The van der Waals surface area contributed by atoms with E-state index >= 15 is 0 Å². The van der Waals surface area contributed by atoms with Crippen molar-refractivity contribution in [3.05, 3.63) is 129 Å². The van der Waals surface area contributed by atoms with E-state index in [1.165, 1.54) is 10.5 Å². The number of halogens is 2. The lowest BCUT2D eigenvalue weighted by Gasteiger charge is -2.29. The molecule has 5 rings (SSSR count). The van der Waals surface area contributed by atoms with Crippen LogP contribution in [0.4, 0.5) is 4.79 Å². The summed E-state index contributed by atoms with van der Waals surface area (Å²) in [6.07, 6.45) is 8.79. The number of allylic oxidation sites excluding steroid dienone is 2. The molecule has 0 radical (unpaired) electrons. The maximum Gasteiger partial charge on any atom is 0.418 e. The summed E-state index contributed by atoms with van der Waals surface area (Å²) in [5, 5.41) is 19.5. The second-order valence-electron chi connectivity index (χ2n) is 9.92. The van der Waals surface area contributed by atoms with E-state index < -0.39 is 6.09 Å². The number of carbonyl (C=O) groups excluding carboxylic acids is 1. The van der Waals surface area contributed by atoms with Crippen molar-refractivity contribution in [1.29, 1.82) is 10.5 Å². The number of hydrogen-bond donors (Lipinski definition) is 0. The van der Waals surface area contributed by atoms with E-state index in [9.17, 15) is 10.1 Å². The number of amides is 1. The minimum absolute atomic E-state index is 0. The lowest BCUT2D eigenvalue weighted by Crippen LogP contribution is -2.29. The highest BCUT2D eigenvalue weighted by atomic mass is 35.5. The highest BCUT2D eigenvalue weighted by Gasteiger charge is 2.21. The largest absolute Gasteiger partial charge is 0.444 e. The lowest BCUT2D eigenvalue weighted by atomic mass is 9.87. The van der Waals surface area contributed by atoms with Crippen LogP contribution in [0, 0.1) is 22.7 Å². The average Bonchev–Trinajstić information content (AvgIpc) is 3.01. The third-order valence-corrected chi connectivity index (χ3v) is 7.58. The van der Waals surface area contributed by atoms with E-state index in [0.717, 1.165) is 42.6 Å². The Bertz CT molecular complexity index is 1490. The molecule has 0 atom stereocenters. The molecule has 0 N–H and O–H groups in total. The molecule has 0 saturated carbocycles. The van der Waals surface area contributed by atoms with Crippen LogP contribution in [0.25, 0.3) is 0 Å². The standard InChI is InChI=1S/C20H15ClN2O2.C13H15ClN2.CH4.H2/c21-18-6-7-19(17(12-18)13-22)16-8-10-23(11-9-16)20(24)25-14-15-4-2-1-3-5-15;1-16-6-4-10(5-7-16)13-3-2-12(14)8-11(13)9-15;;/h1-12,16H,14H2;2-3,8,10H,4-7H2,1H3;1H4;1H. The van der Waals surface area contributed by atoms with E-state index in [2.05, 4.69) is 24.1 Å². The van der Waals surface area contributed by atoms with Gasteiger partial charge in [0.2, 0.25) is 0 Å². The maximum atomic E-state index is 12.1. The summed E-state index contributed by atoms with van der Waals surface area (Å²) in [4.78, 5) is 15.8. The predicted molar refractivity (Wildman–Crippen MR) is 170 cm³/mol. The lowest BCUT2D eigenvalue weighted by molar-refractivity contribution is 0.121. The highest BCUT2D eigenvalue weighted by Crippen LogP contribution is 2.31. The van der Waals surface area contributed by atoms with Gasteiger partial charge in [-0.1, -0.05) is 85.2 Å². The Morgan fingerprint density at radius 2 is 1.45 bits per heavy atom. The van der Waals surface area contributed by atoms with Gasteiger partial charge in [-0.15, -0.1) is 0 Å². The molecule has 3 aromatic rings. The molecule has 2 aliphatic rings. The number of carbonyl (C=O) groups is 1. The fourth-order valence-corrected chi connectivity index (χ4v) is 5.17. The van der Waals surface area contributed by atoms with Crippen LogP contribution in [0.1, 0.15) is 61.3 Å². The second-order valence-corrected chi connectivity index (χ2v) is 10.8. The Morgan fingerprint density at radius 3 is 2.02 bits per heavy atom. The zero-order valence-corrected chi connectivity index (χ0v) is 24.2. The smallest absolute Gasteiger partial charge is 0.418 e. The molecule has 2 heterocycles. The monoisotopic (exact) mass is 602 g/mol. The van der Waals surface area contributed by atoms with E-state index in [-0.39, 0.29) is 21.4 Å². The third-order valence-electron chi connectivity index (χ3n) is 7.11. The molecule has 1 amide bonds. The third kappa shape index (κ3) is 8.71. The Labute approximate surface area is 260 Å². The predicted octanol–water partition coefficient (Wildman–Crippen LogP) is 8.88. The van der Waals surface area contributed by atoms with Crippen molar-refractivity contribution in [3.8, 4) is 12.1 Å².